The molecule has 0 bridgehead atoms. The lowest BCUT2D eigenvalue weighted by Crippen LogP contribution is -1.89. The van der Waals surface area contributed by atoms with Gasteiger partial charge in [0.25, 0.3) is 0 Å². The third-order valence-electron chi connectivity index (χ3n) is 2.07. The number of nitrogens with zero attached hydrogens (tertiary/aromatic N) is 1. The lowest BCUT2D eigenvalue weighted by Gasteiger charge is -2.07. The van der Waals surface area contributed by atoms with Crippen molar-refractivity contribution in [3.63, 3.8) is 0 Å². The maximum absolute atomic E-state index is 5.95. The van der Waals surface area contributed by atoms with Gasteiger partial charge in [-0.3, -0.25) is 0 Å². The molecule has 0 spiro atoms. The maximum atomic E-state index is 5.95. The van der Waals surface area contributed by atoms with Gasteiger partial charge in [-0.1, -0.05) is 27.5 Å². The van der Waals surface area contributed by atoms with Gasteiger partial charge < -0.3 is 4.74 Å². The number of aryl methyl sites for hydroxylation is 1. The van der Waals surface area contributed by atoms with Gasteiger partial charge in [-0.15, -0.1) is 0 Å². The van der Waals surface area contributed by atoms with Crippen LogP contribution >= 0.6 is 27.5 Å². The molecule has 0 N–H and O–H groups in total. The van der Waals surface area contributed by atoms with Crippen LogP contribution in [0, 0.1) is 6.92 Å². The molecule has 0 aliphatic rings. The highest BCUT2D eigenvalue weighted by Crippen LogP contribution is 2.28. The van der Waals surface area contributed by atoms with E-state index in [1.54, 1.807) is 18.3 Å². The first-order valence-electron chi connectivity index (χ1n) is 4.71. The van der Waals surface area contributed by atoms with E-state index in [4.69, 9.17) is 16.3 Å². The first-order chi connectivity index (χ1) is 7.66. The second-order valence-corrected chi connectivity index (χ2v) is 4.56. The van der Waals surface area contributed by atoms with Gasteiger partial charge in [-0.05, 0) is 42.8 Å². The Balaban J connectivity index is 2.28. The quantitative estimate of drug-likeness (QED) is 0.808. The minimum atomic E-state index is 0.422. The summed E-state index contributed by atoms with van der Waals surface area (Å²) < 4.78 is 6.63. The van der Waals surface area contributed by atoms with Gasteiger partial charge in [0, 0.05) is 10.7 Å². The number of hydrogen-bond donors (Lipinski definition) is 0. The van der Waals surface area contributed by atoms with Crippen molar-refractivity contribution >= 4 is 27.5 Å². The molecule has 0 fully saturated rings. The average Bonchev–Trinajstić information content (AvgIpc) is 2.27. The fourth-order valence-electron chi connectivity index (χ4n) is 1.24. The van der Waals surface area contributed by atoms with E-state index >= 15 is 0 Å². The fraction of sp³-hybridized carbons (Fsp3) is 0.0833. The minimum absolute atomic E-state index is 0.422. The number of halogens is 2. The zero-order valence-electron chi connectivity index (χ0n) is 8.58. The largest absolute Gasteiger partial charge is 0.438 e. The molecule has 0 saturated carbocycles. The summed E-state index contributed by atoms with van der Waals surface area (Å²) in [6.07, 6.45) is 1.65. The molecule has 4 heteroatoms. The molecule has 0 radical (unpaired) electrons. The molecule has 82 valence electrons. The van der Waals surface area contributed by atoms with Crippen molar-refractivity contribution in [3.8, 4) is 11.6 Å². The van der Waals surface area contributed by atoms with Crippen LogP contribution in [0.3, 0.4) is 0 Å². The summed E-state index contributed by atoms with van der Waals surface area (Å²) in [5.41, 5.74) is 1.10. The third kappa shape index (κ3) is 2.54. The van der Waals surface area contributed by atoms with Crippen LogP contribution in [0.4, 0.5) is 0 Å². The number of pyridine rings is 1. The van der Waals surface area contributed by atoms with Gasteiger partial charge >= 0.3 is 0 Å². The van der Waals surface area contributed by atoms with Crippen LogP contribution in [0.5, 0.6) is 11.6 Å². The normalized spacial score (nSPS) is 10.2. The van der Waals surface area contributed by atoms with Crippen molar-refractivity contribution in [3.05, 3.63) is 51.6 Å². The van der Waals surface area contributed by atoms with Gasteiger partial charge in [0.2, 0.25) is 5.88 Å². The molecular weight excluding hydrogens is 289 g/mol. The van der Waals surface area contributed by atoms with Crippen molar-refractivity contribution in [1.29, 1.82) is 0 Å². The van der Waals surface area contributed by atoms with E-state index in [0.29, 0.717) is 10.9 Å². The van der Waals surface area contributed by atoms with Crippen molar-refractivity contribution in [2.45, 2.75) is 6.92 Å². The molecule has 0 saturated heterocycles. The molecule has 2 aromatic rings. The van der Waals surface area contributed by atoms with Gasteiger partial charge in [0.05, 0.1) is 0 Å². The fourth-order valence-corrected chi connectivity index (χ4v) is 1.65. The molecule has 0 aliphatic carbocycles. The Morgan fingerprint density at radius 3 is 2.81 bits per heavy atom. The zero-order chi connectivity index (χ0) is 11.5. The SMILES string of the molecule is Cc1cc(Oc2ncccc2Cl)ccc1Br. The summed E-state index contributed by atoms with van der Waals surface area (Å²) in [7, 11) is 0. The van der Waals surface area contributed by atoms with Gasteiger partial charge in [-0.25, -0.2) is 4.98 Å². The second-order valence-electron chi connectivity index (χ2n) is 3.30. The smallest absolute Gasteiger partial charge is 0.238 e. The first kappa shape index (κ1) is 11.4. The number of rotatable bonds is 2. The molecule has 16 heavy (non-hydrogen) atoms. The summed E-state index contributed by atoms with van der Waals surface area (Å²) in [5.74, 6) is 1.15. The van der Waals surface area contributed by atoms with Gasteiger partial charge in [0.15, 0.2) is 0 Å². The molecule has 0 amide bonds. The number of hydrogen-bond acceptors (Lipinski definition) is 2. The number of aromatic nitrogens is 1. The van der Waals surface area contributed by atoms with Crippen LogP contribution in [0.1, 0.15) is 5.56 Å². The van der Waals surface area contributed by atoms with Crippen molar-refractivity contribution in [2.75, 3.05) is 0 Å². The third-order valence-corrected chi connectivity index (χ3v) is 3.25. The monoisotopic (exact) mass is 297 g/mol. The highest BCUT2D eigenvalue weighted by Gasteiger charge is 2.04. The van der Waals surface area contributed by atoms with E-state index in [9.17, 15) is 0 Å². The zero-order valence-corrected chi connectivity index (χ0v) is 10.9. The molecule has 2 nitrogen and oxygen atoms in total. The van der Waals surface area contributed by atoms with E-state index in [2.05, 4.69) is 20.9 Å². The van der Waals surface area contributed by atoms with E-state index in [1.165, 1.54) is 0 Å². The Morgan fingerprint density at radius 1 is 1.31 bits per heavy atom. The van der Waals surface area contributed by atoms with Gasteiger partial charge in [0.1, 0.15) is 10.8 Å². The van der Waals surface area contributed by atoms with Crippen LogP contribution in [-0.4, -0.2) is 4.98 Å². The molecule has 0 atom stereocenters. The average molecular weight is 299 g/mol. The van der Waals surface area contributed by atoms with Crippen molar-refractivity contribution < 1.29 is 4.74 Å². The Hall–Kier alpha value is -1.06. The van der Waals surface area contributed by atoms with Gasteiger partial charge in [-0.2, -0.15) is 0 Å². The Labute approximate surface area is 107 Å². The van der Waals surface area contributed by atoms with Crippen LogP contribution in [0.25, 0.3) is 0 Å². The van der Waals surface area contributed by atoms with Crippen molar-refractivity contribution in [2.24, 2.45) is 0 Å². The summed E-state index contributed by atoms with van der Waals surface area (Å²) in [4.78, 5) is 4.06. The molecule has 0 aliphatic heterocycles. The maximum Gasteiger partial charge on any atom is 0.238 e. The summed E-state index contributed by atoms with van der Waals surface area (Å²) >= 11 is 9.38. The number of ether oxygens (including phenoxy) is 1. The lowest BCUT2D eigenvalue weighted by molar-refractivity contribution is 0.463. The molecule has 1 aromatic carbocycles. The summed E-state index contributed by atoms with van der Waals surface area (Å²) in [6, 6.07) is 9.23. The molecule has 2 rings (SSSR count). The van der Waals surface area contributed by atoms with E-state index < -0.39 is 0 Å². The minimum Gasteiger partial charge on any atom is -0.438 e. The van der Waals surface area contributed by atoms with Crippen LogP contribution in [0.2, 0.25) is 5.02 Å². The molecule has 1 heterocycles. The Bertz CT molecular complexity index is 516. The molecule has 1 aromatic heterocycles. The van der Waals surface area contributed by atoms with E-state index in [1.807, 2.05) is 25.1 Å². The standard InChI is InChI=1S/C12H9BrClNO/c1-8-7-9(4-5-10(8)13)16-12-11(14)3-2-6-15-12/h2-7H,1H3. The Kier molecular flexibility index (Phi) is 3.46. The number of benzene rings is 1. The second kappa shape index (κ2) is 4.85. The summed E-state index contributed by atoms with van der Waals surface area (Å²) in [5, 5.41) is 0.503. The van der Waals surface area contributed by atoms with Crippen molar-refractivity contribution in [1.82, 2.24) is 4.98 Å². The van der Waals surface area contributed by atoms with Crippen LogP contribution in [-0.2, 0) is 0 Å². The van der Waals surface area contributed by atoms with Crippen LogP contribution < -0.4 is 4.74 Å². The summed E-state index contributed by atoms with van der Waals surface area (Å²) in [6.45, 7) is 2.00. The Morgan fingerprint density at radius 2 is 2.12 bits per heavy atom. The highest BCUT2D eigenvalue weighted by molar-refractivity contribution is 9.10. The topological polar surface area (TPSA) is 22.1 Å². The predicted molar refractivity (Wildman–Crippen MR) is 68.2 cm³/mol. The van der Waals surface area contributed by atoms with Crippen LogP contribution in [0.15, 0.2) is 41.0 Å². The first-order valence-corrected chi connectivity index (χ1v) is 5.88. The lowest BCUT2D eigenvalue weighted by atomic mass is 10.2. The van der Waals surface area contributed by atoms with E-state index in [0.717, 1.165) is 15.8 Å². The molecule has 0 unspecified atom stereocenters. The van der Waals surface area contributed by atoms with E-state index in [-0.39, 0.29) is 0 Å². The highest BCUT2D eigenvalue weighted by atomic mass is 79.9. The molecular formula is C12H9BrClNO. The predicted octanol–water partition coefficient (Wildman–Crippen LogP) is 4.60.